The Morgan fingerprint density at radius 1 is 0.853 bits per heavy atom. The quantitative estimate of drug-likeness (QED) is 0.447. The largest absolute Gasteiger partial charge is 0.416 e. The van der Waals surface area contributed by atoms with E-state index in [1.807, 2.05) is 0 Å². The molecule has 1 aromatic heterocycles. The van der Waals surface area contributed by atoms with Gasteiger partial charge in [-0.05, 0) is 54.1 Å². The van der Waals surface area contributed by atoms with Crippen molar-refractivity contribution in [3.63, 3.8) is 0 Å². The molecule has 6 nitrogen and oxygen atoms in total. The van der Waals surface area contributed by atoms with Crippen LogP contribution in [-0.2, 0) is 24.1 Å². The zero-order valence-corrected chi connectivity index (χ0v) is 17.5. The highest BCUT2D eigenvalue weighted by Crippen LogP contribution is 2.29. The number of fused-ring (bicyclic) bond motifs is 1. The molecule has 0 saturated heterocycles. The maximum absolute atomic E-state index is 13.2. The Balaban J connectivity index is 1.67. The van der Waals surface area contributed by atoms with Crippen LogP contribution >= 0.6 is 0 Å². The van der Waals surface area contributed by atoms with Crippen molar-refractivity contribution in [1.82, 2.24) is 9.13 Å². The number of hydrogen-bond acceptors (Lipinski definition) is 3. The first-order chi connectivity index (χ1) is 16.1. The van der Waals surface area contributed by atoms with Crippen LogP contribution in [0, 0.1) is 5.82 Å². The third kappa shape index (κ3) is 4.75. The molecule has 0 unspecified atom stereocenters. The summed E-state index contributed by atoms with van der Waals surface area (Å²) in [7, 11) is 0. The van der Waals surface area contributed by atoms with Crippen molar-refractivity contribution in [2.45, 2.75) is 19.3 Å². The van der Waals surface area contributed by atoms with Crippen molar-refractivity contribution in [2.75, 3.05) is 5.32 Å². The first-order valence-corrected chi connectivity index (χ1v) is 10.1. The molecule has 3 aromatic carbocycles. The van der Waals surface area contributed by atoms with Gasteiger partial charge in [0.15, 0.2) is 0 Å². The number of nitrogens with zero attached hydrogens (tertiary/aromatic N) is 2. The number of halogens is 4. The van der Waals surface area contributed by atoms with E-state index in [9.17, 15) is 31.9 Å². The number of anilines is 1. The van der Waals surface area contributed by atoms with Gasteiger partial charge >= 0.3 is 11.9 Å². The monoisotopic (exact) mass is 471 g/mol. The molecule has 34 heavy (non-hydrogen) atoms. The highest BCUT2D eigenvalue weighted by atomic mass is 19.4. The van der Waals surface area contributed by atoms with E-state index in [1.54, 1.807) is 12.1 Å². The topological polar surface area (TPSA) is 73.1 Å². The summed E-state index contributed by atoms with van der Waals surface area (Å²) in [4.78, 5) is 38.7. The standard InChI is InChI=1S/C24H17F4N3O3/c25-17-9-5-15(6-10-17)13-31-22(33)19-3-1-2-4-20(19)30(23(31)34)14-21(32)29-18-11-7-16(8-12-18)24(26,27)28/h1-12H,13-14H2,(H,29,32). The van der Waals surface area contributed by atoms with E-state index >= 15 is 0 Å². The minimum Gasteiger partial charge on any atom is -0.325 e. The molecule has 0 atom stereocenters. The number of amides is 1. The van der Waals surface area contributed by atoms with Gasteiger partial charge in [0.25, 0.3) is 5.56 Å². The molecule has 0 fully saturated rings. The lowest BCUT2D eigenvalue weighted by Crippen LogP contribution is -2.42. The number of aromatic nitrogens is 2. The first-order valence-electron chi connectivity index (χ1n) is 10.1. The van der Waals surface area contributed by atoms with Crippen molar-refractivity contribution in [1.29, 1.82) is 0 Å². The van der Waals surface area contributed by atoms with Gasteiger partial charge in [0.05, 0.1) is 23.0 Å². The van der Waals surface area contributed by atoms with Crippen LogP contribution in [0.5, 0.6) is 0 Å². The van der Waals surface area contributed by atoms with E-state index in [2.05, 4.69) is 5.32 Å². The van der Waals surface area contributed by atoms with Gasteiger partial charge < -0.3 is 5.32 Å². The SMILES string of the molecule is O=C(Cn1c(=O)n(Cc2ccc(F)cc2)c(=O)c2ccccc21)Nc1ccc(C(F)(F)F)cc1. The minimum atomic E-state index is -4.51. The Hall–Kier alpha value is -4.21. The molecule has 0 spiro atoms. The molecule has 0 radical (unpaired) electrons. The van der Waals surface area contributed by atoms with Gasteiger partial charge in [0.2, 0.25) is 5.91 Å². The zero-order valence-electron chi connectivity index (χ0n) is 17.5. The van der Waals surface area contributed by atoms with Gasteiger partial charge in [-0.2, -0.15) is 13.2 Å². The highest BCUT2D eigenvalue weighted by molar-refractivity contribution is 5.91. The van der Waals surface area contributed by atoms with Crippen LogP contribution in [0.15, 0.2) is 82.4 Å². The van der Waals surface area contributed by atoms with Crippen molar-refractivity contribution >= 4 is 22.5 Å². The number of benzene rings is 3. The van der Waals surface area contributed by atoms with Crippen molar-refractivity contribution in [2.24, 2.45) is 0 Å². The highest BCUT2D eigenvalue weighted by Gasteiger charge is 2.30. The molecular formula is C24H17F4N3O3. The smallest absolute Gasteiger partial charge is 0.325 e. The number of rotatable bonds is 5. The summed E-state index contributed by atoms with van der Waals surface area (Å²) in [6.07, 6.45) is -4.51. The second-order valence-electron chi connectivity index (χ2n) is 7.53. The van der Waals surface area contributed by atoms with Gasteiger partial charge in [0.1, 0.15) is 12.4 Å². The summed E-state index contributed by atoms with van der Waals surface area (Å²) in [6, 6.07) is 15.4. The van der Waals surface area contributed by atoms with Crippen LogP contribution in [0.1, 0.15) is 11.1 Å². The summed E-state index contributed by atoms with van der Waals surface area (Å²) < 4.78 is 53.5. The Kier molecular flexibility index (Phi) is 6.06. The third-order valence-electron chi connectivity index (χ3n) is 5.18. The molecule has 4 rings (SSSR count). The van der Waals surface area contributed by atoms with Crippen LogP contribution in [0.4, 0.5) is 23.2 Å². The molecular weight excluding hydrogens is 454 g/mol. The second kappa shape index (κ2) is 8.97. The Morgan fingerprint density at radius 3 is 2.15 bits per heavy atom. The summed E-state index contributed by atoms with van der Waals surface area (Å²) in [6.45, 7) is -0.618. The fourth-order valence-corrected chi connectivity index (χ4v) is 3.52. The van der Waals surface area contributed by atoms with Crippen LogP contribution in [-0.4, -0.2) is 15.0 Å². The summed E-state index contributed by atoms with van der Waals surface area (Å²) in [5, 5.41) is 2.66. The van der Waals surface area contributed by atoms with E-state index in [1.165, 1.54) is 36.4 Å². The number of hydrogen-bond donors (Lipinski definition) is 1. The van der Waals surface area contributed by atoms with Crippen LogP contribution in [0.25, 0.3) is 10.9 Å². The predicted octanol–water partition coefficient (Wildman–Crippen LogP) is 4.01. The van der Waals surface area contributed by atoms with Gasteiger partial charge in [-0.3, -0.25) is 18.7 Å². The van der Waals surface area contributed by atoms with Crippen molar-refractivity contribution in [3.8, 4) is 0 Å². The fraction of sp³-hybridized carbons (Fsp3) is 0.125. The maximum Gasteiger partial charge on any atom is 0.416 e. The molecule has 0 aliphatic rings. The molecule has 4 aromatic rings. The zero-order chi connectivity index (χ0) is 24.5. The third-order valence-corrected chi connectivity index (χ3v) is 5.18. The second-order valence-corrected chi connectivity index (χ2v) is 7.53. The molecule has 10 heteroatoms. The summed E-state index contributed by atoms with van der Waals surface area (Å²) in [5.74, 6) is -1.13. The maximum atomic E-state index is 13.2. The molecule has 1 heterocycles. The number of para-hydroxylation sites is 1. The molecule has 0 aliphatic heterocycles. The average Bonchev–Trinajstić information content (AvgIpc) is 2.80. The van der Waals surface area contributed by atoms with E-state index in [4.69, 9.17) is 0 Å². The van der Waals surface area contributed by atoms with E-state index < -0.39 is 41.3 Å². The van der Waals surface area contributed by atoms with Gasteiger partial charge in [0, 0.05) is 5.69 Å². The lowest BCUT2D eigenvalue weighted by molar-refractivity contribution is -0.137. The van der Waals surface area contributed by atoms with Crippen LogP contribution in [0.2, 0.25) is 0 Å². The summed E-state index contributed by atoms with van der Waals surface area (Å²) in [5.41, 5.74) is -1.32. The van der Waals surface area contributed by atoms with E-state index in [-0.39, 0.29) is 23.1 Å². The molecule has 174 valence electrons. The number of carbonyl (C=O) groups is 1. The lowest BCUT2D eigenvalue weighted by Gasteiger charge is -2.14. The van der Waals surface area contributed by atoms with Gasteiger partial charge in [-0.25, -0.2) is 9.18 Å². The number of nitrogens with one attached hydrogen (secondary N) is 1. The van der Waals surface area contributed by atoms with E-state index in [0.717, 1.165) is 33.4 Å². The van der Waals surface area contributed by atoms with E-state index in [0.29, 0.717) is 5.56 Å². The average molecular weight is 471 g/mol. The van der Waals surface area contributed by atoms with Gasteiger partial charge in [-0.15, -0.1) is 0 Å². The van der Waals surface area contributed by atoms with Crippen LogP contribution in [0.3, 0.4) is 0 Å². The summed E-state index contributed by atoms with van der Waals surface area (Å²) >= 11 is 0. The Labute approximate surface area is 189 Å². The van der Waals surface area contributed by atoms with Gasteiger partial charge in [-0.1, -0.05) is 24.3 Å². The molecule has 0 saturated carbocycles. The Bertz CT molecular complexity index is 1470. The molecule has 1 amide bonds. The molecule has 0 bridgehead atoms. The predicted molar refractivity (Wildman–Crippen MR) is 118 cm³/mol. The fourth-order valence-electron chi connectivity index (χ4n) is 3.52. The molecule has 1 N–H and O–H groups in total. The molecule has 0 aliphatic carbocycles. The Morgan fingerprint density at radius 2 is 1.50 bits per heavy atom. The lowest BCUT2D eigenvalue weighted by atomic mass is 10.2. The van der Waals surface area contributed by atoms with Crippen LogP contribution < -0.4 is 16.6 Å². The minimum absolute atomic E-state index is 0.120. The number of alkyl halides is 3. The first kappa shape index (κ1) is 23.0. The van der Waals surface area contributed by atoms with Crippen molar-refractivity contribution < 1.29 is 22.4 Å². The normalized spacial score (nSPS) is 11.5. The van der Waals surface area contributed by atoms with Crippen molar-refractivity contribution in [3.05, 3.63) is 111 Å². The number of carbonyl (C=O) groups excluding carboxylic acids is 1.